The second-order valence-electron chi connectivity index (χ2n) is 9.06. The number of aromatic nitrogens is 5. The summed E-state index contributed by atoms with van der Waals surface area (Å²) < 4.78 is 1.70. The Morgan fingerprint density at radius 2 is 2.00 bits per heavy atom. The van der Waals surface area contributed by atoms with E-state index in [0.717, 1.165) is 56.5 Å². The normalized spacial score (nSPS) is 21.1. The fourth-order valence-electron chi connectivity index (χ4n) is 4.86. The Morgan fingerprint density at radius 3 is 2.78 bits per heavy atom. The molecule has 1 aliphatic carbocycles. The molecule has 3 fully saturated rings. The summed E-state index contributed by atoms with van der Waals surface area (Å²) in [4.78, 5) is 21.9. The number of likely N-dealkylation sites (tertiary alicyclic amines) is 1. The molecule has 3 aromatic rings. The van der Waals surface area contributed by atoms with Crippen molar-refractivity contribution in [1.82, 2.24) is 29.7 Å². The van der Waals surface area contributed by atoms with Crippen LogP contribution in [-0.2, 0) is 0 Å². The zero-order valence-corrected chi connectivity index (χ0v) is 18.0. The lowest BCUT2D eigenvalue weighted by Crippen LogP contribution is -2.34. The van der Waals surface area contributed by atoms with E-state index in [1.807, 2.05) is 28.0 Å². The second-order valence-corrected chi connectivity index (χ2v) is 9.06. The van der Waals surface area contributed by atoms with Crippen molar-refractivity contribution in [2.24, 2.45) is 0 Å². The van der Waals surface area contributed by atoms with Crippen molar-refractivity contribution in [3.05, 3.63) is 29.6 Å². The number of nitrogens with zero attached hydrogens (tertiary/aromatic N) is 6. The van der Waals surface area contributed by atoms with Gasteiger partial charge in [0, 0.05) is 37.3 Å². The van der Waals surface area contributed by atoms with Gasteiger partial charge in [-0.25, -0.2) is 4.52 Å². The summed E-state index contributed by atoms with van der Waals surface area (Å²) in [6.45, 7) is 2.40. The van der Waals surface area contributed by atoms with Crippen molar-refractivity contribution in [3.8, 4) is 0 Å². The van der Waals surface area contributed by atoms with Crippen LogP contribution < -0.4 is 10.2 Å². The molecule has 32 heavy (non-hydrogen) atoms. The topological polar surface area (TPSA) is 115 Å². The molecule has 2 saturated heterocycles. The average Bonchev–Trinajstić information content (AvgIpc) is 3.29. The lowest BCUT2D eigenvalue weighted by molar-refractivity contribution is 0.0785. The van der Waals surface area contributed by atoms with Crippen LogP contribution in [0.5, 0.6) is 0 Å². The Morgan fingerprint density at radius 1 is 1.16 bits per heavy atom. The standard InChI is InChI=1S/C22H28N8O2/c31-13-15-4-3-11-29(15)22-24-20(23-19-12-16(25-26-19)14-5-6-14)17-7-8-18(30(17)27-22)21(32)28-9-1-2-10-28/h7-8,12,14-15,31H,1-6,9-11,13H2,(H2,23,24,25,26,27)/t15-/m1/s1. The molecule has 10 heteroatoms. The molecule has 0 bridgehead atoms. The van der Waals surface area contributed by atoms with Crippen LogP contribution in [0.2, 0.25) is 0 Å². The highest BCUT2D eigenvalue weighted by molar-refractivity contribution is 5.95. The molecule has 0 radical (unpaired) electrons. The van der Waals surface area contributed by atoms with Crippen LogP contribution in [0.15, 0.2) is 18.2 Å². The number of aliphatic hydroxyl groups excluding tert-OH is 1. The molecule has 1 atom stereocenters. The molecule has 0 spiro atoms. The Labute approximate surface area is 185 Å². The van der Waals surface area contributed by atoms with Gasteiger partial charge in [0.25, 0.3) is 5.91 Å². The quantitative estimate of drug-likeness (QED) is 0.543. The number of aromatic amines is 1. The largest absolute Gasteiger partial charge is 0.394 e. The molecule has 5 heterocycles. The predicted octanol–water partition coefficient (Wildman–Crippen LogP) is 2.27. The van der Waals surface area contributed by atoms with E-state index in [1.165, 1.54) is 12.8 Å². The first-order valence-corrected chi connectivity index (χ1v) is 11.6. The van der Waals surface area contributed by atoms with E-state index < -0.39 is 0 Å². The first kappa shape index (κ1) is 19.5. The smallest absolute Gasteiger partial charge is 0.272 e. The molecule has 3 aliphatic rings. The predicted molar refractivity (Wildman–Crippen MR) is 119 cm³/mol. The fourth-order valence-corrected chi connectivity index (χ4v) is 4.86. The molecular weight excluding hydrogens is 408 g/mol. The van der Waals surface area contributed by atoms with E-state index >= 15 is 0 Å². The molecule has 3 N–H and O–H groups in total. The third-order valence-corrected chi connectivity index (χ3v) is 6.82. The van der Waals surface area contributed by atoms with E-state index in [-0.39, 0.29) is 18.6 Å². The zero-order valence-electron chi connectivity index (χ0n) is 18.0. The number of nitrogens with one attached hydrogen (secondary N) is 2. The number of H-pyrrole nitrogens is 1. The van der Waals surface area contributed by atoms with Crippen LogP contribution in [0.25, 0.3) is 5.52 Å². The van der Waals surface area contributed by atoms with Crippen LogP contribution in [0.1, 0.15) is 60.6 Å². The van der Waals surface area contributed by atoms with Crippen LogP contribution in [0.3, 0.4) is 0 Å². The highest BCUT2D eigenvalue weighted by Gasteiger charge is 2.30. The molecule has 10 nitrogen and oxygen atoms in total. The lowest BCUT2D eigenvalue weighted by atomic mass is 10.2. The third-order valence-electron chi connectivity index (χ3n) is 6.82. The van der Waals surface area contributed by atoms with Gasteiger partial charge in [-0.3, -0.25) is 9.89 Å². The summed E-state index contributed by atoms with van der Waals surface area (Å²) in [6, 6.07) is 5.73. The second kappa shape index (κ2) is 7.77. The van der Waals surface area contributed by atoms with Crippen molar-refractivity contribution in [3.63, 3.8) is 0 Å². The minimum atomic E-state index is -0.0135. The highest BCUT2D eigenvalue weighted by Crippen LogP contribution is 2.40. The van der Waals surface area contributed by atoms with Crippen LogP contribution >= 0.6 is 0 Å². The first-order chi connectivity index (χ1) is 15.7. The van der Waals surface area contributed by atoms with Gasteiger partial charge in [-0.05, 0) is 50.7 Å². The maximum atomic E-state index is 13.2. The van der Waals surface area contributed by atoms with Crippen LogP contribution in [0.4, 0.5) is 17.6 Å². The maximum absolute atomic E-state index is 13.2. The molecule has 6 rings (SSSR count). The fraction of sp³-hybridized carbons (Fsp3) is 0.545. The maximum Gasteiger partial charge on any atom is 0.272 e. The van der Waals surface area contributed by atoms with Gasteiger partial charge in [-0.2, -0.15) is 10.1 Å². The SMILES string of the molecule is O=C(c1ccc2c(Nc3cc(C4CC4)[nH]n3)nc(N3CCC[C@@H]3CO)nn12)N1CCCC1. The summed E-state index contributed by atoms with van der Waals surface area (Å²) in [5.74, 6) is 2.39. The number of hydrogen-bond donors (Lipinski definition) is 3. The van der Waals surface area contributed by atoms with Crippen molar-refractivity contribution in [2.75, 3.05) is 36.5 Å². The summed E-state index contributed by atoms with van der Waals surface area (Å²) >= 11 is 0. The van der Waals surface area contributed by atoms with E-state index in [1.54, 1.807) is 4.52 Å². The zero-order chi connectivity index (χ0) is 21.7. The molecule has 2 aliphatic heterocycles. The van der Waals surface area contributed by atoms with Crippen molar-refractivity contribution >= 4 is 29.0 Å². The molecule has 0 unspecified atom stereocenters. The van der Waals surface area contributed by atoms with Gasteiger partial charge in [-0.15, -0.1) is 5.10 Å². The van der Waals surface area contributed by atoms with E-state index in [0.29, 0.717) is 29.2 Å². The Balaban J connectivity index is 1.41. The van der Waals surface area contributed by atoms with Gasteiger partial charge in [0.15, 0.2) is 11.6 Å². The monoisotopic (exact) mass is 436 g/mol. The lowest BCUT2D eigenvalue weighted by Gasteiger charge is -2.24. The Bertz CT molecular complexity index is 1140. The Kier molecular flexibility index (Phi) is 4.74. The van der Waals surface area contributed by atoms with Gasteiger partial charge in [0.1, 0.15) is 11.2 Å². The number of amides is 1. The summed E-state index contributed by atoms with van der Waals surface area (Å²) in [5, 5.41) is 25.5. The molecule has 1 saturated carbocycles. The number of carbonyl (C=O) groups excluding carboxylic acids is 1. The number of aliphatic hydroxyl groups is 1. The molecular formula is C22H28N8O2. The van der Waals surface area contributed by atoms with Crippen LogP contribution in [0, 0.1) is 0 Å². The Hall–Kier alpha value is -3.14. The van der Waals surface area contributed by atoms with Gasteiger partial charge in [0.2, 0.25) is 5.95 Å². The van der Waals surface area contributed by atoms with E-state index in [9.17, 15) is 9.90 Å². The minimum Gasteiger partial charge on any atom is -0.394 e. The molecule has 0 aromatic carbocycles. The number of rotatable bonds is 6. The number of carbonyl (C=O) groups is 1. The number of fused-ring (bicyclic) bond motifs is 1. The third kappa shape index (κ3) is 3.38. The van der Waals surface area contributed by atoms with Gasteiger partial charge in [0.05, 0.1) is 12.6 Å². The molecule has 3 aromatic heterocycles. The molecule has 1 amide bonds. The van der Waals surface area contributed by atoms with Gasteiger partial charge in [-0.1, -0.05) is 0 Å². The number of anilines is 3. The van der Waals surface area contributed by atoms with Crippen LogP contribution in [-0.4, -0.2) is 73.0 Å². The summed E-state index contributed by atoms with van der Waals surface area (Å²) in [7, 11) is 0. The van der Waals surface area contributed by atoms with Crippen molar-refractivity contribution in [1.29, 1.82) is 0 Å². The number of hydrogen-bond acceptors (Lipinski definition) is 7. The van der Waals surface area contributed by atoms with E-state index in [2.05, 4.69) is 15.5 Å². The summed E-state index contributed by atoms with van der Waals surface area (Å²) in [6.07, 6.45) is 6.34. The highest BCUT2D eigenvalue weighted by atomic mass is 16.3. The average molecular weight is 437 g/mol. The first-order valence-electron chi connectivity index (χ1n) is 11.6. The van der Waals surface area contributed by atoms with Crippen molar-refractivity contribution < 1.29 is 9.90 Å². The van der Waals surface area contributed by atoms with E-state index in [4.69, 9.17) is 10.1 Å². The van der Waals surface area contributed by atoms with Crippen molar-refractivity contribution in [2.45, 2.75) is 50.5 Å². The van der Waals surface area contributed by atoms with Gasteiger partial charge < -0.3 is 20.2 Å². The summed E-state index contributed by atoms with van der Waals surface area (Å²) in [5.41, 5.74) is 2.40. The minimum absolute atomic E-state index is 0.00554. The van der Waals surface area contributed by atoms with Gasteiger partial charge >= 0.3 is 0 Å². The molecule has 168 valence electrons.